The zero-order valence-corrected chi connectivity index (χ0v) is 23.9. The van der Waals surface area contributed by atoms with E-state index in [0.717, 1.165) is 54.6 Å². The Hall–Kier alpha value is -4.05. The number of carbonyl (C=O) groups excluding carboxylic acids is 2. The Morgan fingerprint density at radius 3 is 2.66 bits per heavy atom. The number of carbonyl (C=O) groups is 2. The standard InChI is InChI=1S/C31H41N7O3/c1-31(2,29(39)33-15-14-32)41-28-7-3-6-27(17-28)37-16-4-5-25(21-37)36-30(40)38(26-12-13-26)20-22-8-10-23(11-9-22)24-18-34-35-19-24/h3,6-11,17-19,25-26H,4-5,12-16,20-21,32H2,1-2H3,(H,33,39)(H,34,35)(H,36,40)/t25-/m1/s1. The lowest BCUT2D eigenvalue weighted by Crippen LogP contribution is -2.52. The predicted molar refractivity (Wildman–Crippen MR) is 160 cm³/mol. The first-order valence-corrected chi connectivity index (χ1v) is 14.5. The zero-order chi connectivity index (χ0) is 28.8. The molecule has 1 aliphatic carbocycles. The molecule has 2 fully saturated rings. The van der Waals surface area contributed by atoms with Crippen molar-refractivity contribution >= 4 is 17.6 Å². The highest BCUT2D eigenvalue weighted by Gasteiger charge is 2.34. The molecule has 5 N–H and O–H groups in total. The summed E-state index contributed by atoms with van der Waals surface area (Å²) in [6.45, 7) is 6.48. The SMILES string of the molecule is CC(C)(Oc1cccc(N2CCC[C@@H](NC(=O)N(Cc3ccc(-c4cn[nH]c4)cc3)C3CC3)C2)c1)C(=O)NCCN. The Bertz CT molecular complexity index is 1310. The molecular formula is C31H41N7O3. The van der Waals surface area contributed by atoms with Crippen LogP contribution in [0.1, 0.15) is 45.1 Å². The number of ether oxygens (including phenoxy) is 1. The average molecular weight is 560 g/mol. The van der Waals surface area contributed by atoms with Gasteiger partial charge in [-0.25, -0.2) is 4.79 Å². The Morgan fingerprint density at radius 2 is 1.95 bits per heavy atom. The van der Waals surface area contributed by atoms with Crippen LogP contribution in [0.3, 0.4) is 0 Å². The Balaban J connectivity index is 1.19. The molecule has 0 unspecified atom stereocenters. The quantitative estimate of drug-likeness (QED) is 0.284. The Labute approximate surface area is 241 Å². The molecule has 1 saturated heterocycles. The Morgan fingerprint density at radius 1 is 1.15 bits per heavy atom. The van der Waals surface area contributed by atoms with Gasteiger partial charge < -0.3 is 30.9 Å². The van der Waals surface area contributed by atoms with Crippen LogP contribution in [0.25, 0.3) is 11.1 Å². The lowest BCUT2D eigenvalue weighted by molar-refractivity contribution is -0.134. The summed E-state index contributed by atoms with van der Waals surface area (Å²) in [5.74, 6) is 0.420. The molecule has 218 valence electrons. The molecule has 1 saturated carbocycles. The van der Waals surface area contributed by atoms with Crippen molar-refractivity contribution in [1.82, 2.24) is 25.7 Å². The molecule has 2 aliphatic rings. The second kappa shape index (κ2) is 12.6. The number of piperidine rings is 1. The summed E-state index contributed by atoms with van der Waals surface area (Å²) in [6.07, 6.45) is 7.68. The number of nitrogens with one attached hydrogen (secondary N) is 3. The summed E-state index contributed by atoms with van der Waals surface area (Å²) >= 11 is 0. The minimum absolute atomic E-state index is 0.000543. The minimum Gasteiger partial charge on any atom is -0.478 e. The van der Waals surface area contributed by atoms with Gasteiger partial charge in [-0.05, 0) is 62.8 Å². The fourth-order valence-corrected chi connectivity index (χ4v) is 5.23. The van der Waals surface area contributed by atoms with Gasteiger partial charge in [0.25, 0.3) is 5.91 Å². The van der Waals surface area contributed by atoms with Gasteiger partial charge in [0.05, 0.1) is 6.20 Å². The first kappa shape index (κ1) is 28.5. The maximum Gasteiger partial charge on any atom is 0.318 e. The number of rotatable bonds is 11. The van der Waals surface area contributed by atoms with Gasteiger partial charge >= 0.3 is 6.03 Å². The molecule has 0 spiro atoms. The van der Waals surface area contributed by atoms with E-state index in [1.54, 1.807) is 20.0 Å². The van der Waals surface area contributed by atoms with Crippen molar-refractivity contribution in [3.8, 4) is 16.9 Å². The van der Waals surface area contributed by atoms with Crippen LogP contribution in [-0.4, -0.2) is 70.9 Å². The highest BCUT2D eigenvalue weighted by Crippen LogP contribution is 2.30. The zero-order valence-electron chi connectivity index (χ0n) is 23.9. The molecule has 2 aromatic carbocycles. The molecule has 1 aromatic heterocycles. The van der Waals surface area contributed by atoms with Crippen molar-refractivity contribution in [2.75, 3.05) is 31.1 Å². The van der Waals surface area contributed by atoms with Crippen LogP contribution in [0, 0.1) is 0 Å². The first-order valence-electron chi connectivity index (χ1n) is 14.5. The van der Waals surface area contributed by atoms with Gasteiger partial charge in [0, 0.05) is 68.3 Å². The van der Waals surface area contributed by atoms with Crippen molar-refractivity contribution in [2.45, 2.75) is 63.8 Å². The fourth-order valence-electron chi connectivity index (χ4n) is 5.23. The van der Waals surface area contributed by atoms with E-state index in [1.165, 1.54) is 0 Å². The van der Waals surface area contributed by atoms with Gasteiger partial charge in [0.1, 0.15) is 5.75 Å². The van der Waals surface area contributed by atoms with Crippen LogP contribution in [0.5, 0.6) is 5.75 Å². The predicted octanol–water partition coefficient (Wildman–Crippen LogP) is 3.65. The molecule has 3 aromatic rings. The molecule has 41 heavy (non-hydrogen) atoms. The van der Waals surface area contributed by atoms with Gasteiger partial charge in [-0.1, -0.05) is 30.3 Å². The van der Waals surface area contributed by atoms with Crippen LogP contribution in [0.4, 0.5) is 10.5 Å². The number of benzene rings is 2. The average Bonchev–Trinajstić information content (AvgIpc) is 3.67. The van der Waals surface area contributed by atoms with Gasteiger partial charge in [-0.3, -0.25) is 9.89 Å². The number of urea groups is 1. The molecule has 10 heteroatoms. The van der Waals surface area contributed by atoms with E-state index < -0.39 is 5.60 Å². The van der Waals surface area contributed by atoms with Crippen LogP contribution >= 0.6 is 0 Å². The van der Waals surface area contributed by atoms with Crippen molar-refractivity contribution in [3.63, 3.8) is 0 Å². The van der Waals surface area contributed by atoms with Crippen LogP contribution in [-0.2, 0) is 11.3 Å². The number of anilines is 1. The molecule has 3 amide bonds. The normalized spacial score (nSPS) is 17.1. The maximum atomic E-state index is 13.5. The van der Waals surface area contributed by atoms with E-state index in [4.69, 9.17) is 10.5 Å². The maximum absolute atomic E-state index is 13.5. The van der Waals surface area contributed by atoms with Crippen LogP contribution in [0.15, 0.2) is 60.9 Å². The van der Waals surface area contributed by atoms with Crippen molar-refractivity contribution in [3.05, 3.63) is 66.5 Å². The summed E-state index contributed by atoms with van der Waals surface area (Å²) in [5.41, 5.74) is 8.75. The third-order valence-electron chi connectivity index (χ3n) is 7.67. The number of aromatic nitrogens is 2. The number of nitrogens with two attached hydrogens (primary N) is 1. The highest BCUT2D eigenvalue weighted by atomic mass is 16.5. The molecule has 1 aliphatic heterocycles. The monoisotopic (exact) mass is 559 g/mol. The van der Waals surface area contributed by atoms with Gasteiger partial charge in [0.15, 0.2) is 5.60 Å². The van der Waals surface area contributed by atoms with E-state index in [9.17, 15) is 9.59 Å². The highest BCUT2D eigenvalue weighted by molar-refractivity contribution is 5.84. The van der Waals surface area contributed by atoms with E-state index >= 15 is 0 Å². The van der Waals surface area contributed by atoms with E-state index in [-0.39, 0.29) is 18.0 Å². The van der Waals surface area contributed by atoms with Gasteiger partial charge in [-0.15, -0.1) is 0 Å². The van der Waals surface area contributed by atoms with Crippen molar-refractivity contribution < 1.29 is 14.3 Å². The van der Waals surface area contributed by atoms with Gasteiger partial charge in [-0.2, -0.15) is 5.10 Å². The number of hydrogen-bond acceptors (Lipinski definition) is 6. The number of H-pyrrole nitrogens is 1. The summed E-state index contributed by atoms with van der Waals surface area (Å²) in [6, 6.07) is 16.5. The smallest absolute Gasteiger partial charge is 0.318 e. The van der Waals surface area contributed by atoms with E-state index in [2.05, 4.69) is 50.0 Å². The topological polar surface area (TPSA) is 129 Å². The first-order chi connectivity index (χ1) is 19.8. The number of nitrogens with zero attached hydrogens (tertiary/aromatic N) is 3. The lowest BCUT2D eigenvalue weighted by atomic mass is 10.0. The summed E-state index contributed by atoms with van der Waals surface area (Å²) < 4.78 is 6.07. The number of amides is 3. The van der Waals surface area contributed by atoms with E-state index in [1.807, 2.05) is 35.4 Å². The molecule has 10 nitrogen and oxygen atoms in total. The molecule has 0 radical (unpaired) electrons. The molecule has 1 atom stereocenters. The Kier molecular flexibility index (Phi) is 8.78. The molecule has 5 rings (SSSR count). The summed E-state index contributed by atoms with van der Waals surface area (Å²) in [5, 5.41) is 13.0. The number of hydrogen-bond donors (Lipinski definition) is 4. The minimum atomic E-state index is -1.03. The third kappa shape index (κ3) is 7.38. The molecular weight excluding hydrogens is 518 g/mol. The van der Waals surface area contributed by atoms with Crippen molar-refractivity contribution in [2.24, 2.45) is 5.73 Å². The molecule has 0 bridgehead atoms. The van der Waals surface area contributed by atoms with Gasteiger partial charge in [0.2, 0.25) is 0 Å². The largest absolute Gasteiger partial charge is 0.478 e. The summed E-state index contributed by atoms with van der Waals surface area (Å²) in [4.78, 5) is 30.2. The fraction of sp³-hybridized carbons (Fsp3) is 0.452. The van der Waals surface area contributed by atoms with Crippen LogP contribution in [0.2, 0.25) is 0 Å². The lowest BCUT2D eigenvalue weighted by Gasteiger charge is -2.36. The molecule has 2 heterocycles. The summed E-state index contributed by atoms with van der Waals surface area (Å²) in [7, 11) is 0. The second-order valence-electron chi connectivity index (χ2n) is 11.4. The second-order valence-corrected chi connectivity index (χ2v) is 11.4. The van der Waals surface area contributed by atoms with Crippen LogP contribution < -0.4 is 26.0 Å². The number of aromatic amines is 1. The third-order valence-corrected chi connectivity index (χ3v) is 7.67. The van der Waals surface area contributed by atoms with Crippen molar-refractivity contribution in [1.29, 1.82) is 0 Å². The van der Waals surface area contributed by atoms with E-state index in [0.29, 0.717) is 38.0 Å².